The summed E-state index contributed by atoms with van der Waals surface area (Å²) in [6.07, 6.45) is 0. The first-order chi connectivity index (χ1) is 8.06. The first-order valence-corrected chi connectivity index (χ1v) is 5.80. The van der Waals surface area contributed by atoms with Crippen LogP contribution in [0.3, 0.4) is 0 Å². The largest absolute Gasteiger partial charge is 0.435 e. The number of ether oxygens (including phenoxy) is 1. The Morgan fingerprint density at radius 1 is 1.24 bits per heavy atom. The molecular formula is C9H3BrCl2FN3O. The zero-order valence-corrected chi connectivity index (χ0v) is 11.1. The molecule has 0 amide bonds. The van der Waals surface area contributed by atoms with Crippen molar-refractivity contribution in [2.24, 2.45) is 0 Å². The van der Waals surface area contributed by atoms with Gasteiger partial charge in [-0.1, -0.05) is 11.6 Å². The fraction of sp³-hybridized carbons (Fsp3) is 0. The molecule has 17 heavy (non-hydrogen) atoms. The van der Waals surface area contributed by atoms with E-state index in [4.69, 9.17) is 27.9 Å². The van der Waals surface area contributed by atoms with E-state index in [2.05, 4.69) is 31.1 Å². The van der Waals surface area contributed by atoms with Crippen LogP contribution in [0.5, 0.6) is 11.6 Å². The van der Waals surface area contributed by atoms with Crippen molar-refractivity contribution in [3.63, 3.8) is 0 Å². The Morgan fingerprint density at radius 2 is 2.00 bits per heavy atom. The molecule has 0 saturated heterocycles. The molecule has 88 valence electrons. The molecule has 0 aliphatic rings. The van der Waals surface area contributed by atoms with E-state index in [1.165, 1.54) is 18.2 Å². The lowest BCUT2D eigenvalue weighted by Crippen LogP contribution is -1.95. The first-order valence-electron chi connectivity index (χ1n) is 4.25. The molecule has 2 aromatic rings. The van der Waals surface area contributed by atoms with Crippen LogP contribution in [0.4, 0.5) is 4.39 Å². The minimum atomic E-state index is -0.451. The minimum absolute atomic E-state index is 0.0435. The van der Waals surface area contributed by atoms with Gasteiger partial charge in [0, 0.05) is 6.07 Å². The van der Waals surface area contributed by atoms with E-state index in [-0.39, 0.29) is 22.1 Å². The summed E-state index contributed by atoms with van der Waals surface area (Å²) in [7, 11) is 0. The Balaban J connectivity index is 2.37. The van der Waals surface area contributed by atoms with Crippen molar-refractivity contribution in [1.29, 1.82) is 0 Å². The van der Waals surface area contributed by atoms with Crippen molar-refractivity contribution in [2.45, 2.75) is 0 Å². The van der Waals surface area contributed by atoms with Crippen LogP contribution in [0.25, 0.3) is 0 Å². The lowest BCUT2D eigenvalue weighted by molar-refractivity contribution is 0.450. The van der Waals surface area contributed by atoms with E-state index in [0.717, 1.165) is 0 Å². The van der Waals surface area contributed by atoms with Crippen LogP contribution >= 0.6 is 39.1 Å². The maximum Gasteiger partial charge on any atom is 0.262 e. The molecule has 0 fully saturated rings. The number of nitrogens with zero attached hydrogens (tertiary/aromatic N) is 3. The molecule has 1 aromatic carbocycles. The summed E-state index contributed by atoms with van der Waals surface area (Å²) >= 11 is 14.5. The maximum atomic E-state index is 13.0. The summed E-state index contributed by atoms with van der Waals surface area (Å²) < 4.78 is 18.9. The summed E-state index contributed by atoms with van der Waals surface area (Å²) in [5.41, 5.74) is 0. The number of aromatic nitrogens is 3. The number of hydrogen-bond donors (Lipinski definition) is 0. The molecule has 0 aliphatic heterocycles. The van der Waals surface area contributed by atoms with E-state index < -0.39 is 5.82 Å². The Kier molecular flexibility index (Phi) is 3.76. The Morgan fingerprint density at radius 3 is 2.76 bits per heavy atom. The lowest BCUT2D eigenvalue weighted by Gasteiger charge is -2.07. The third-order valence-electron chi connectivity index (χ3n) is 1.69. The monoisotopic (exact) mass is 337 g/mol. The van der Waals surface area contributed by atoms with Gasteiger partial charge in [0.1, 0.15) is 11.6 Å². The number of rotatable bonds is 2. The van der Waals surface area contributed by atoms with Gasteiger partial charge in [-0.05, 0) is 39.7 Å². The minimum Gasteiger partial charge on any atom is -0.435 e. The molecule has 0 N–H and O–H groups in total. The molecule has 8 heteroatoms. The zero-order chi connectivity index (χ0) is 12.4. The van der Waals surface area contributed by atoms with Gasteiger partial charge in [0.15, 0.2) is 0 Å². The predicted molar refractivity (Wildman–Crippen MR) is 64.0 cm³/mol. The first kappa shape index (κ1) is 12.5. The third-order valence-corrected chi connectivity index (χ3v) is 2.74. The van der Waals surface area contributed by atoms with Crippen molar-refractivity contribution in [1.82, 2.24) is 15.2 Å². The molecule has 0 bridgehead atoms. The van der Waals surface area contributed by atoms with E-state index >= 15 is 0 Å². The highest BCUT2D eigenvalue weighted by molar-refractivity contribution is 9.10. The SMILES string of the molecule is Fc1ccc(Br)c(Oc2nc(Cl)nnc2Cl)c1. The average Bonchev–Trinajstić information content (AvgIpc) is 2.28. The summed E-state index contributed by atoms with van der Waals surface area (Å²) in [6, 6.07) is 3.95. The van der Waals surface area contributed by atoms with Gasteiger partial charge >= 0.3 is 0 Å². The number of hydrogen-bond acceptors (Lipinski definition) is 4. The number of benzene rings is 1. The van der Waals surface area contributed by atoms with Crippen LogP contribution < -0.4 is 4.74 Å². The van der Waals surface area contributed by atoms with Gasteiger partial charge in [-0.25, -0.2) is 4.39 Å². The van der Waals surface area contributed by atoms with Gasteiger partial charge < -0.3 is 4.74 Å². The van der Waals surface area contributed by atoms with Crippen molar-refractivity contribution in [2.75, 3.05) is 0 Å². The summed E-state index contributed by atoms with van der Waals surface area (Å²) in [6.45, 7) is 0. The molecule has 1 heterocycles. The molecule has 0 spiro atoms. The fourth-order valence-electron chi connectivity index (χ4n) is 1.00. The summed E-state index contributed by atoms with van der Waals surface area (Å²) in [5.74, 6) is -0.283. The summed E-state index contributed by atoms with van der Waals surface area (Å²) in [5, 5.41) is 6.76. The second-order valence-corrected chi connectivity index (χ2v) is 4.40. The van der Waals surface area contributed by atoms with Crippen molar-refractivity contribution in [3.05, 3.63) is 38.9 Å². The van der Waals surface area contributed by atoms with Crippen LogP contribution in [0.2, 0.25) is 10.4 Å². The Hall–Kier alpha value is -0.980. The van der Waals surface area contributed by atoms with Gasteiger partial charge in [-0.2, -0.15) is 4.98 Å². The average molecular weight is 339 g/mol. The van der Waals surface area contributed by atoms with Crippen LogP contribution in [0.1, 0.15) is 0 Å². The van der Waals surface area contributed by atoms with E-state index in [9.17, 15) is 4.39 Å². The third kappa shape index (κ3) is 3.02. The van der Waals surface area contributed by atoms with Gasteiger partial charge in [0.2, 0.25) is 10.4 Å². The normalized spacial score (nSPS) is 10.4. The van der Waals surface area contributed by atoms with Crippen molar-refractivity contribution >= 4 is 39.1 Å². The van der Waals surface area contributed by atoms with Crippen molar-refractivity contribution < 1.29 is 9.13 Å². The molecule has 4 nitrogen and oxygen atoms in total. The quantitative estimate of drug-likeness (QED) is 0.833. The lowest BCUT2D eigenvalue weighted by atomic mass is 10.3. The highest BCUT2D eigenvalue weighted by Crippen LogP contribution is 2.32. The van der Waals surface area contributed by atoms with Crippen LogP contribution in [0, 0.1) is 5.82 Å². The predicted octanol–water partition coefficient (Wildman–Crippen LogP) is 3.87. The molecule has 0 radical (unpaired) electrons. The van der Waals surface area contributed by atoms with Gasteiger partial charge in [0.25, 0.3) is 5.88 Å². The number of halogens is 4. The molecule has 0 unspecified atom stereocenters. The fourth-order valence-corrected chi connectivity index (χ4v) is 1.57. The van der Waals surface area contributed by atoms with E-state index in [0.29, 0.717) is 4.47 Å². The molecule has 2 rings (SSSR count). The summed E-state index contributed by atoms with van der Waals surface area (Å²) in [4.78, 5) is 3.73. The molecule has 1 aromatic heterocycles. The molecule has 0 saturated carbocycles. The van der Waals surface area contributed by atoms with Crippen molar-refractivity contribution in [3.8, 4) is 11.6 Å². The van der Waals surface area contributed by atoms with Crippen LogP contribution in [-0.4, -0.2) is 15.2 Å². The second-order valence-electron chi connectivity index (χ2n) is 2.85. The Labute approximate surface area is 114 Å². The maximum absolute atomic E-state index is 13.0. The molecule has 0 atom stereocenters. The molecule has 0 aliphatic carbocycles. The molecular weight excluding hydrogens is 336 g/mol. The van der Waals surface area contributed by atoms with E-state index in [1.807, 2.05) is 0 Å². The highest BCUT2D eigenvalue weighted by atomic mass is 79.9. The highest BCUT2D eigenvalue weighted by Gasteiger charge is 2.11. The standard InChI is InChI=1S/C9H3BrCl2FN3O/c10-5-2-1-4(13)3-6(5)17-8-7(11)15-16-9(12)14-8/h1-3H. The topological polar surface area (TPSA) is 47.9 Å². The smallest absolute Gasteiger partial charge is 0.262 e. The zero-order valence-electron chi connectivity index (χ0n) is 7.99. The van der Waals surface area contributed by atoms with Gasteiger partial charge in [-0.3, -0.25) is 0 Å². The van der Waals surface area contributed by atoms with Crippen LogP contribution in [-0.2, 0) is 0 Å². The Bertz CT molecular complexity index is 520. The van der Waals surface area contributed by atoms with Crippen LogP contribution in [0.15, 0.2) is 22.7 Å². The van der Waals surface area contributed by atoms with E-state index in [1.54, 1.807) is 0 Å². The second kappa shape index (κ2) is 5.12. The van der Waals surface area contributed by atoms with Gasteiger partial charge in [0.05, 0.1) is 4.47 Å². The van der Waals surface area contributed by atoms with Gasteiger partial charge in [-0.15, -0.1) is 10.2 Å².